The summed E-state index contributed by atoms with van der Waals surface area (Å²) in [5, 5.41) is 0.934. The molecule has 0 N–H and O–H groups in total. The Morgan fingerprint density at radius 1 is 1.28 bits per heavy atom. The van der Waals surface area contributed by atoms with E-state index < -0.39 is 0 Å². The number of aromatic nitrogens is 1. The normalized spacial score (nSPS) is 13.8. The molecule has 0 amide bonds. The van der Waals surface area contributed by atoms with Gasteiger partial charge in [-0.05, 0) is 12.8 Å². The summed E-state index contributed by atoms with van der Waals surface area (Å²) in [6.45, 7) is 12.8. The summed E-state index contributed by atoms with van der Waals surface area (Å²) in [4.78, 5) is 18.7. The van der Waals surface area contributed by atoms with Crippen LogP contribution in [0.25, 0.3) is 0 Å². The Bertz CT molecular complexity index is 418. The molecule has 0 radical (unpaired) electrons. The van der Waals surface area contributed by atoms with Crippen LogP contribution >= 0.6 is 11.3 Å². The minimum absolute atomic E-state index is 0.0904. The maximum Gasteiger partial charge on any atom is 0.186 e. The first-order chi connectivity index (χ1) is 8.18. The van der Waals surface area contributed by atoms with Gasteiger partial charge in [0.2, 0.25) is 0 Å². The van der Waals surface area contributed by atoms with Crippen molar-refractivity contribution in [3.8, 4) is 0 Å². The van der Waals surface area contributed by atoms with E-state index in [1.807, 2.05) is 7.05 Å². The van der Waals surface area contributed by atoms with Gasteiger partial charge in [0.05, 0.1) is 10.6 Å². The van der Waals surface area contributed by atoms with Crippen molar-refractivity contribution in [2.45, 2.75) is 53.0 Å². The standard InChI is InChI=1S/C14H24N2OS/c1-9(2)10(3)16(7)13-15-12(14(4,5)6)11(8-17)18-13/h8-10H,1-7H3. The van der Waals surface area contributed by atoms with Gasteiger partial charge in [-0.3, -0.25) is 4.79 Å². The molecule has 3 nitrogen and oxygen atoms in total. The summed E-state index contributed by atoms with van der Waals surface area (Å²) in [7, 11) is 2.05. The molecule has 0 bridgehead atoms. The average molecular weight is 268 g/mol. The van der Waals surface area contributed by atoms with Crippen LogP contribution in [0.5, 0.6) is 0 Å². The monoisotopic (exact) mass is 268 g/mol. The van der Waals surface area contributed by atoms with E-state index in [-0.39, 0.29) is 5.41 Å². The Morgan fingerprint density at radius 2 is 1.83 bits per heavy atom. The summed E-state index contributed by atoms with van der Waals surface area (Å²) in [5.41, 5.74) is 0.813. The number of nitrogens with zero attached hydrogens (tertiary/aromatic N) is 2. The smallest absolute Gasteiger partial charge is 0.186 e. The van der Waals surface area contributed by atoms with E-state index >= 15 is 0 Å². The topological polar surface area (TPSA) is 33.2 Å². The molecule has 0 aliphatic heterocycles. The Balaban J connectivity index is 3.13. The lowest BCUT2D eigenvalue weighted by atomic mass is 9.91. The first-order valence-corrected chi connectivity index (χ1v) is 7.19. The second kappa shape index (κ2) is 5.39. The molecule has 102 valence electrons. The largest absolute Gasteiger partial charge is 0.348 e. The highest BCUT2D eigenvalue weighted by molar-refractivity contribution is 7.17. The summed E-state index contributed by atoms with van der Waals surface area (Å²) in [6, 6.07) is 0.406. The van der Waals surface area contributed by atoms with E-state index in [4.69, 9.17) is 0 Å². The fourth-order valence-corrected chi connectivity index (χ4v) is 2.85. The maximum atomic E-state index is 11.2. The minimum atomic E-state index is -0.0904. The molecule has 1 unspecified atom stereocenters. The number of anilines is 1. The first kappa shape index (κ1) is 15.2. The fourth-order valence-electron chi connectivity index (χ4n) is 1.71. The zero-order valence-corrected chi connectivity index (χ0v) is 13.3. The van der Waals surface area contributed by atoms with Gasteiger partial charge in [0, 0.05) is 18.5 Å². The summed E-state index contributed by atoms with van der Waals surface area (Å²) in [6.07, 6.45) is 0.926. The van der Waals surface area contributed by atoms with Gasteiger partial charge in [-0.25, -0.2) is 4.98 Å². The van der Waals surface area contributed by atoms with Gasteiger partial charge in [0.1, 0.15) is 0 Å². The van der Waals surface area contributed by atoms with Crippen molar-refractivity contribution in [2.24, 2.45) is 5.92 Å². The molecule has 4 heteroatoms. The van der Waals surface area contributed by atoms with Crippen LogP contribution < -0.4 is 4.90 Å². The van der Waals surface area contributed by atoms with Crippen LogP contribution in [0, 0.1) is 5.92 Å². The molecule has 1 aromatic rings. The second-order valence-electron chi connectivity index (χ2n) is 6.17. The van der Waals surface area contributed by atoms with Crippen LogP contribution in [-0.4, -0.2) is 24.4 Å². The molecule has 0 spiro atoms. The van der Waals surface area contributed by atoms with Gasteiger partial charge in [0.15, 0.2) is 11.4 Å². The van der Waals surface area contributed by atoms with Crippen LogP contribution in [0.3, 0.4) is 0 Å². The number of hydrogen-bond acceptors (Lipinski definition) is 4. The lowest BCUT2D eigenvalue weighted by Crippen LogP contribution is -2.33. The molecule has 18 heavy (non-hydrogen) atoms. The second-order valence-corrected chi connectivity index (χ2v) is 7.18. The lowest BCUT2D eigenvalue weighted by Gasteiger charge is -2.27. The quantitative estimate of drug-likeness (QED) is 0.780. The van der Waals surface area contributed by atoms with Crippen molar-refractivity contribution in [1.82, 2.24) is 4.98 Å². The van der Waals surface area contributed by atoms with E-state index in [9.17, 15) is 4.79 Å². The molecule has 1 rings (SSSR count). The summed E-state index contributed by atoms with van der Waals surface area (Å²) >= 11 is 1.49. The number of rotatable bonds is 4. The number of aldehydes is 1. The van der Waals surface area contributed by atoms with Crippen molar-refractivity contribution >= 4 is 22.8 Å². The molecular weight excluding hydrogens is 244 g/mol. The Hall–Kier alpha value is -0.900. The molecule has 1 atom stereocenters. The van der Waals surface area contributed by atoms with Crippen LogP contribution in [-0.2, 0) is 5.41 Å². The summed E-state index contributed by atoms with van der Waals surface area (Å²) in [5.74, 6) is 0.552. The third-order valence-electron chi connectivity index (χ3n) is 3.34. The van der Waals surface area contributed by atoms with Crippen molar-refractivity contribution in [2.75, 3.05) is 11.9 Å². The third kappa shape index (κ3) is 3.10. The Kier molecular flexibility index (Phi) is 4.54. The van der Waals surface area contributed by atoms with Gasteiger partial charge in [0.25, 0.3) is 0 Å². The predicted octanol–water partition coefficient (Wildman–Crippen LogP) is 3.73. The predicted molar refractivity (Wildman–Crippen MR) is 78.9 cm³/mol. The van der Waals surface area contributed by atoms with Gasteiger partial charge in [-0.1, -0.05) is 46.0 Å². The van der Waals surface area contributed by atoms with E-state index in [0.717, 1.165) is 22.0 Å². The molecule has 1 heterocycles. The van der Waals surface area contributed by atoms with E-state index in [2.05, 4.69) is 51.4 Å². The van der Waals surface area contributed by atoms with E-state index in [1.54, 1.807) is 0 Å². The van der Waals surface area contributed by atoms with Crippen LogP contribution in [0.1, 0.15) is 56.9 Å². The van der Waals surface area contributed by atoms with Crippen molar-refractivity contribution in [3.63, 3.8) is 0 Å². The van der Waals surface area contributed by atoms with Gasteiger partial charge >= 0.3 is 0 Å². The zero-order valence-electron chi connectivity index (χ0n) is 12.4. The highest BCUT2D eigenvalue weighted by Gasteiger charge is 2.25. The minimum Gasteiger partial charge on any atom is -0.348 e. The molecule has 0 saturated carbocycles. The van der Waals surface area contributed by atoms with E-state index in [0.29, 0.717) is 12.0 Å². The highest BCUT2D eigenvalue weighted by Crippen LogP contribution is 2.33. The third-order valence-corrected chi connectivity index (χ3v) is 4.41. The van der Waals surface area contributed by atoms with Crippen molar-refractivity contribution in [1.29, 1.82) is 0 Å². The molecular formula is C14H24N2OS. The number of thiazole rings is 1. The van der Waals surface area contributed by atoms with E-state index in [1.165, 1.54) is 11.3 Å². The highest BCUT2D eigenvalue weighted by atomic mass is 32.1. The van der Waals surface area contributed by atoms with Gasteiger partial charge in [-0.15, -0.1) is 0 Å². The molecule has 0 fully saturated rings. The Morgan fingerprint density at radius 3 is 2.17 bits per heavy atom. The SMILES string of the molecule is CC(C)C(C)N(C)c1nc(C(C)(C)C)c(C=O)s1. The molecule has 0 aliphatic rings. The molecule has 0 saturated heterocycles. The fraction of sp³-hybridized carbons (Fsp3) is 0.714. The van der Waals surface area contributed by atoms with Crippen LogP contribution in [0.2, 0.25) is 0 Å². The van der Waals surface area contributed by atoms with Crippen LogP contribution in [0.15, 0.2) is 0 Å². The van der Waals surface area contributed by atoms with Crippen molar-refractivity contribution in [3.05, 3.63) is 10.6 Å². The number of carbonyl (C=O) groups excluding carboxylic acids is 1. The Labute approximate surface area is 114 Å². The first-order valence-electron chi connectivity index (χ1n) is 6.37. The molecule has 0 aromatic carbocycles. The molecule has 1 aromatic heterocycles. The lowest BCUT2D eigenvalue weighted by molar-refractivity contribution is 0.112. The maximum absolute atomic E-state index is 11.2. The number of carbonyl (C=O) groups is 1. The number of hydrogen-bond donors (Lipinski definition) is 0. The molecule has 0 aliphatic carbocycles. The van der Waals surface area contributed by atoms with Crippen LogP contribution in [0.4, 0.5) is 5.13 Å². The zero-order chi connectivity index (χ0) is 14.1. The average Bonchev–Trinajstić information content (AvgIpc) is 2.70. The van der Waals surface area contributed by atoms with Crippen molar-refractivity contribution < 1.29 is 4.79 Å². The van der Waals surface area contributed by atoms with Gasteiger partial charge < -0.3 is 4.90 Å². The van der Waals surface area contributed by atoms with Gasteiger partial charge in [-0.2, -0.15) is 0 Å². The summed E-state index contributed by atoms with van der Waals surface area (Å²) < 4.78 is 0.